The second-order valence-electron chi connectivity index (χ2n) is 11.8. The number of rotatable bonds is 2. The van der Waals surface area contributed by atoms with Crippen molar-refractivity contribution in [1.82, 2.24) is 9.38 Å². The molecule has 172 valence electrons. The first-order valence-electron chi connectivity index (χ1n) is 12.5. The Labute approximate surface area is 201 Å². The number of aryl methyl sites for hydroxylation is 3. The number of nitrogens with zero attached hydrogens (tertiary/aromatic N) is 3. The van der Waals surface area contributed by atoms with Crippen LogP contribution in [0.5, 0.6) is 0 Å². The standard InChI is InChI=1S/C31H34N3/c1-17(2)21-10-9-11-22-23-12-18(3)19(4)26-29(23)34(28(21)22)25-14-20(15-31(5,6)7)13-24-27(25)30(26)33(8)16-32-24/h9-14,16-17H,15H2,1-8H3/q+1. The van der Waals surface area contributed by atoms with E-state index in [-0.39, 0.29) is 5.41 Å². The maximum Gasteiger partial charge on any atom is 0.287 e. The Morgan fingerprint density at radius 2 is 1.74 bits per heavy atom. The maximum absolute atomic E-state index is 4.94. The fourth-order valence-electron chi connectivity index (χ4n) is 6.06. The Morgan fingerprint density at radius 3 is 2.44 bits per heavy atom. The van der Waals surface area contributed by atoms with Crippen LogP contribution in [0.15, 0.2) is 42.7 Å². The quantitative estimate of drug-likeness (QED) is 0.152. The molecule has 0 radical (unpaired) electrons. The van der Waals surface area contributed by atoms with Crippen LogP contribution in [0.4, 0.5) is 0 Å². The molecule has 6 aromatic rings. The molecule has 0 atom stereocenters. The molecule has 0 fully saturated rings. The minimum atomic E-state index is 0.208. The summed E-state index contributed by atoms with van der Waals surface area (Å²) in [6.45, 7) is 16.1. The first-order chi connectivity index (χ1) is 16.1. The average Bonchev–Trinajstić information content (AvgIpc) is 3.08. The molecule has 0 aliphatic heterocycles. The number of hydrogen-bond acceptors (Lipinski definition) is 1. The Balaban J connectivity index is 2.01. The fourth-order valence-corrected chi connectivity index (χ4v) is 6.06. The van der Waals surface area contributed by atoms with Gasteiger partial charge in [-0.1, -0.05) is 52.8 Å². The second-order valence-corrected chi connectivity index (χ2v) is 11.8. The molecule has 0 saturated heterocycles. The summed E-state index contributed by atoms with van der Waals surface area (Å²) in [5.74, 6) is 0.439. The maximum atomic E-state index is 4.94. The summed E-state index contributed by atoms with van der Waals surface area (Å²) >= 11 is 0. The fraction of sp³-hybridized carbons (Fsp3) is 0.355. The molecule has 3 heterocycles. The molecule has 3 aromatic carbocycles. The lowest BCUT2D eigenvalue weighted by Crippen LogP contribution is -2.30. The van der Waals surface area contributed by atoms with Gasteiger partial charge in [0, 0.05) is 10.8 Å². The van der Waals surface area contributed by atoms with Gasteiger partial charge in [0.15, 0.2) is 5.52 Å². The van der Waals surface area contributed by atoms with Crippen molar-refractivity contribution in [3.8, 4) is 0 Å². The third kappa shape index (κ3) is 2.82. The SMILES string of the molecule is Cc1cc2c3cccc(C(C)C)c3n3c4cc(CC(C)(C)C)cc5nc[n+](C)c(c(c1C)c23)c54. The van der Waals surface area contributed by atoms with Crippen molar-refractivity contribution in [3.05, 3.63) is 65.0 Å². The van der Waals surface area contributed by atoms with Crippen molar-refractivity contribution in [1.29, 1.82) is 0 Å². The number of benzene rings is 3. The number of para-hydroxylation sites is 1. The molecule has 0 N–H and O–H groups in total. The normalized spacial score (nSPS) is 13.1. The summed E-state index contributed by atoms with van der Waals surface area (Å²) in [7, 11) is 2.14. The van der Waals surface area contributed by atoms with Gasteiger partial charge in [0.25, 0.3) is 6.33 Å². The van der Waals surface area contributed by atoms with Crippen molar-refractivity contribution in [3.63, 3.8) is 0 Å². The summed E-state index contributed by atoms with van der Waals surface area (Å²) in [5, 5.41) is 5.32. The van der Waals surface area contributed by atoms with Crippen LogP contribution in [0.25, 0.3) is 49.1 Å². The molecule has 3 aromatic heterocycles. The molecule has 0 spiro atoms. The smallest absolute Gasteiger partial charge is 0.287 e. The number of aromatic nitrogens is 3. The van der Waals surface area contributed by atoms with E-state index in [2.05, 4.69) is 101 Å². The van der Waals surface area contributed by atoms with E-state index in [0.29, 0.717) is 5.92 Å². The predicted molar refractivity (Wildman–Crippen MR) is 144 cm³/mol. The van der Waals surface area contributed by atoms with E-state index in [1.807, 2.05) is 6.33 Å². The lowest BCUT2D eigenvalue weighted by molar-refractivity contribution is -0.646. The number of pyridine rings is 1. The van der Waals surface area contributed by atoms with E-state index < -0.39 is 0 Å². The zero-order valence-corrected chi connectivity index (χ0v) is 21.7. The lowest BCUT2D eigenvalue weighted by Gasteiger charge is -2.20. The number of hydrogen-bond donors (Lipinski definition) is 0. The van der Waals surface area contributed by atoms with Crippen LogP contribution in [0.1, 0.15) is 62.8 Å². The molecule has 3 heteroatoms. The van der Waals surface area contributed by atoms with Gasteiger partial charge in [-0.2, -0.15) is 0 Å². The summed E-state index contributed by atoms with van der Waals surface area (Å²) in [6, 6.07) is 14.0. The highest BCUT2D eigenvalue weighted by Gasteiger charge is 2.26. The van der Waals surface area contributed by atoms with Crippen molar-refractivity contribution >= 4 is 49.1 Å². The van der Waals surface area contributed by atoms with E-state index in [0.717, 1.165) is 11.9 Å². The van der Waals surface area contributed by atoms with Crippen molar-refractivity contribution in [2.75, 3.05) is 0 Å². The molecule has 0 saturated carbocycles. The predicted octanol–water partition coefficient (Wildman–Crippen LogP) is 7.54. The van der Waals surface area contributed by atoms with Crippen molar-refractivity contribution < 1.29 is 4.57 Å². The van der Waals surface area contributed by atoms with Crippen LogP contribution in [-0.2, 0) is 13.5 Å². The average molecular weight is 449 g/mol. The topological polar surface area (TPSA) is 21.2 Å². The molecular weight excluding hydrogens is 414 g/mol. The molecule has 0 bridgehead atoms. The minimum absolute atomic E-state index is 0.208. The molecular formula is C31H34N3+. The van der Waals surface area contributed by atoms with Gasteiger partial charge in [0.2, 0.25) is 0 Å². The van der Waals surface area contributed by atoms with Crippen LogP contribution >= 0.6 is 0 Å². The lowest BCUT2D eigenvalue weighted by atomic mass is 9.87. The summed E-state index contributed by atoms with van der Waals surface area (Å²) in [5.41, 5.74) is 12.0. The van der Waals surface area contributed by atoms with Crippen LogP contribution in [0.3, 0.4) is 0 Å². The molecule has 0 aliphatic carbocycles. The zero-order valence-electron chi connectivity index (χ0n) is 21.7. The van der Waals surface area contributed by atoms with Crippen molar-refractivity contribution in [2.45, 2.75) is 60.8 Å². The first kappa shape index (κ1) is 21.3. The third-order valence-corrected chi connectivity index (χ3v) is 7.57. The van der Waals surface area contributed by atoms with Gasteiger partial charge in [0.1, 0.15) is 5.52 Å². The van der Waals surface area contributed by atoms with Gasteiger partial charge in [-0.3, -0.25) is 0 Å². The highest BCUT2D eigenvalue weighted by atomic mass is 15.0. The summed E-state index contributed by atoms with van der Waals surface area (Å²) < 4.78 is 4.80. The van der Waals surface area contributed by atoms with Crippen molar-refractivity contribution in [2.24, 2.45) is 12.5 Å². The first-order valence-corrected chi connectivity index (χ1v) is 12.5. The molecule has 6 rings (SSSR count). The third-order valence-electron chi connectivity index (χ3n) is 7.57. The van der Waals surface area contributed by atoms with Gasteiger partial charge in [-0.15, -0.1) is 0 Å². The molecule has 34 heavy (non-hydrogen) atoms. The Hall–Kier alpha value is -3.20. The minimum Gasteiger partial charge on any atom is -0.307 e. The summed E-state index contributed by atoms with van der Waals surface area (Å²) in [4.78, 5) is 4.94. The van der Waals surface area contributed by atoms with Crippen LogP contribution in [0.2, 0.25) is 0 Å². The largest absolute Gasteiger partial charge is 0.307 e. The van der Waals surface area contributed by atoms with E-state index in [1.165, 1.54) is 65.9 Å². The number of fused-ring (bicyclic) bond motifs is 5. The van der Waals surface area contributed by atoms with Crippen LogP contribution in [-0.4, -0.2) is 9.38 Å². The van der Waals surface area contributed by atoms with E-state index in [1.54, 1.807) is 0 Å². The van der Waals surface area contributed by atoms with Gasteiger partial charge in [-0.25, -0.2) is 4.57 Å². The van der Waals surface area contributed by atoms with Crippen LogP contribution in [0, 0.1) is 19.3 Å². The Kier molecular flexibility index (Phi) is 4.34. The van der Waals surface area contributed by atoms with E-state index in [9.17, 15) is 0 Å². The molecule has 3 nitrogen and oxygen atoms in total. The molecule has 0 aliphatic rings. The summed E-state index contributed by atoms with van der Waals surface area (Å²) in [6.07, 6.45) is 3.01. The van der Waals surface area contributed by atoms with E-state index in [4.69, 9.17) is 4.98 Å². The highest BCUT2D eigenvalue weighted by molar-refractivity contribution is 6.26. The van der Waals surface area contributed by atoms with Crippen LogP contribution < -0.4 is 4.57 Å². The van der Waals surface area contributed by atoms with Gasteiger partial charge < -0.3 is 4.40 Å². The Bertz CT molecular complexity index is 1760. The zero-order chi connectivity index (χ0) is 24.1. The van der Waals surface area contributed by atoms with E-state index >= 15 is 0 Å². The van der Waals surface area contributed by atoms with Gasteiger partial charge in [0.05, 0.1) is 34.4 Å². The highest BCUT2D eigenvalue weighted by Crippen LogP contribution is 2.43. The molecule has 0 unspecified atom stereocenters. The van der Waals surface area contributed by atoms with Gasteiger partial charge in [-0.05, 0) is 77.0 Å². The monoisotopic (exact) mass is 448 g/mol. The van der Waals surface area contributed by atoms with Gasteiger partial charge >= 0.3 is 0 Å². The molecule has 0 amide bonds. The Morgan fingerprint density at radius 1 is 0.971 bits per heavy atom. The second kappa shape index (κ2) is 6.91.